The molecule has 0 unspecified atom stereocenters. The van der Waals surface area contributed by atoms with E-state index in [1.807, 2.05) is 19.9 Å². The Bertz CT molecular complexity index is 1720. The highest BCUT2D eigenvalue weighted by atomic mass is 79.9. The maximum absolute atomic E-state index is 13.4. The lowest BCUT2D eigenvalue weighted by Crippen LogP contribution is -2.23. The number of carboxylic acid groups (broad SMARTS) is 1. The van der Waals surface area contributed by atoms with E-state index in [0.717, 1.165) is 4.47 Å². The van der Waals surface area contributed by atoms with E-state index in [1.165, 1.54) is 35.2 Å². The molecule has 1 atom stereocenters. The summed E-state index contributed by atoms with van der Waals surface area (Å²) in [5.41, 5.74) is 0.688. The van der Waals surface area contributed by atoms with Gasteiger partial charge in [-0.25, -0.2) is 9.78 Å². The van der Waals surface area contributed by atoms with Crippen LogP contribution in [-0.2, 0) is 6.61 Å². The monoisotopic (exact) mass is 622 g/mol. The zero-order valence-electron chi connectivity index (χ0n) is 22.5. The number of ether oxygens (including phenoxy) is 2. The molecule has 1 heterocycles. The molecular weight excluding hydrogens is 596 g/mol. The van der Waals surface area contributed by atoms with Crippen LogP contribution in [0.4, 0.5) is 5.69 Å². The average Bonchev–Trinajstić information content (AvgIpc) is 2.95. The summed E-state index contributed by atoms with van der Waals surface area (Å²) in [7, 11) is 0. The Hall–Kier alpha value is -4.58. The lowest BCUT2D eigenvalue weighted by molar-refractivity contribution is -0.386. The highest BCUT2D eigenvalue weighted by molar-refractivity contribution is 9.10. The average molecular weight is 623 g/mol. The van der Waals surface area contributed by atoms with Gasteiger partial charge in [0.15, 0.2) is 5.75 Å². The van der Waals surface area contributed by atoms with Crippen molar-refractivity contribution in [1.29, 1.82) is 0 Å². The van der Waals surface area contributed by atoms with Gasteiger partial charge in [-0.15, -0.1) is 0 Å². The van der Waals surface area contributed by atoms with Gasteiger partial charge < -0.3 is 14.6 Å². The van der Waals surface area contributed by atoms with Crippen molar-refractivity contribution in [1.82, 2.24) is 9.66 Å². The number of carbonyl (C=O) groups is 1. The topological polar surface area (TPSA) is 146 Å². The second-order valence-electron chi connectivity index (χ2n) is 9.15. The van der Waals surface area contributed by atoms with Crippen molar-refractivity contribution in [2.75, 3.05) is 6.61 Å². The van der Waals surface area contributed by atoms with Gasteiger partial charge in [0.25, 0.3) is 5.56 Å². The van der Waals surface area contributed by atoms with Gasteiger partial charge in [0.1, 0.15) is 12.4 Å². The van der Waals surface area contributed by atoms with Gasteiger partial charge in [-0.2, -0.15) is 9.78 Å². The summed E-state index contributed by atoms with van der Waals surface area (Å²) in [5.74, 6) is -0.721. The summed E-state index contributed by atoms with van der Waals surface area (Å²) in [6.45, 7) is 5.72. The summed E-state index contributed by atoms with van der Waals surface area (Å²) < 4.78 is 13.4. The van der Waals surface area contributed by atoms with Crippen LogP contribution in [0.5, 0.6) is 11.5 Å². The van der Waals surface area contributed by atoms with Crippen LogP contribution in [0.2, 0.25) is 0 Å². The SMILES string of the molecule is CCOc1cc(C=Nn2c([C@@H](C)CC)nc3ccc(Br)cc3c2=O)cc([N+](=O)[O-])c1OCc1cccc(C(=O)O)c1. The third-order valence-corrected chi connectivity index (χ3v) is 6.81. The quantitative estimate of drug-likeness (QED) is 0.119. The molecule has 0 fully saturated rings. The number of rotatable bonds is 11. The van der Waals surface area contributed by atoms with E-state index in [4.69, 9.17) is 9.47 Å². The van der Waals surface area contributed by atoms with Crippen molar-refractivity contribution in [3.8, 4) is 11.5 Å². The molecule has 0 aliphatic carbocycles. The fourth-order valence-corrected chi connectivity index (χ4v) is 4.44. The van der Waals surface area contributed by atoms with Crippen molar-refractivity contribution < 1.29 is 24.3 Å². The van der Waals surface area contributed by atoms with E-state index in [1.54, 1.807) is 31.2 Å². The van der Waals surface area contributed by atoms with Gasteiger partial charge in [0.05, 0.1) is 34.2 Å². The molecule has 0 aliphatic heterocycles. The Kier molecular flexibility index (Phi) is 9.13. The molecule has 3 aromatic carbocycles. The first-order chi connectivity index (χ1) is 19.6. The number of hydrogen-bond acceptors (Lipinski definition) is 8. The molecule has 0 spiro atoms. The number of aromatic carboxylic acids is 1. The first kappa shape index (κ1) is 29.4. The van der Waals surface area contributed by atoms with Crippen LogP contribution >= 0.6 is 15.9 Å². The van der Waals surface area contributed by atoms with Gasteiger partial charge in [-0.1, -0.05) is 41.9 Å². The largest absolute Gasteiger partial charge is 0.490 e. The number of fused-ring (bicyclic) bond motifs is 1. The first-order valence-corrected chi connectivity index (χ1v) is 13.6. The van der Waals surface area contributed by atoms with Crippen LogP contribution in [0, 0.1) is 10.1 Å². The maximum atomic E-state index is 13.4. The Morgan fingerprint density at radius 1 is 1.20 bits per heavy atom. The molecule has 1 aromatic heterocycles. The molecule has 212 valence electrons. The summed E-state index contributed by atoms with van der Waals surface area (Å²) in [6, 6.07) is 14.1. The van der Waals surface area contributed by atoms with E-state index < -0.39 is 10.9 Å². The van der Waals surface area contributed by atoms with E-state index in [0.29, 0.717) is 34.3 Å². The molecule has 1 N–H and O–H groups in total. The van der Waals surface area contributed by atoms with Gasteiger partial charge >= 0.3 is 11.7 Å². The van der Waals surface area contributed by atoms with E-state index >= 15 is 0 Å². The zero-order chi connectivity index (χ0) is 29.7. The third-order valence-electron chi connectivity index (χ3n) is 6.32. The third kappa shape index (κ3) is 6.60. The van der Waals surface area contributed by atoms with E-state index in [2.05, 4.69) is 26.0 Å². The normalized spacial score (nSPS) is 12.0. The van der Waals surface area contributed by atoms with E-state index in [9.17, 15) is 24.8 Å². The molecule has 41 heavy (non-hydrogen) atoms. The number of nitrogens with zero attached hydrogens (tertiary/aromatic N) is 4. The van der Waals surface area contributed by atoms with Crippen LogP contribution in [0.3, 0.4) is 0 Å². The summed E-state index contributed by atoms with van der Waals surface area (Å²) in [4.78, 5) is 40.9. The van der Waals surface area contributed by atoms with Crippen molar-refractivity contribution >= 4 is 44.7 Å². The van der Waals surface area contributed by atoms with Crippen LogP contribution in [0.25, 0.3) is 10.9 Å². The van der Waals surface area contributed by atoms with Crippen molar-refractivity contribution in [3.05, 3.63) is 102 Å². The van der Waals surface area contributed by atoms with Crippen molar-refractivity contribution in [2.45, 2.75) is 39.7 Å². The summed E-state index contributed by atoms with van der Waals surface area (Å²) in [5, 5.41) is 26.1. The minimum Gasteiger partial charge on any atom is -0.490 e. The molecule has 12 heteroatoms. The Labute approximate surface area is 243 Å². The Morgan fingerprint density at radius 3 is 2.66 bits per heavy atom. The predicted molar refractivity (Wildman–Crippen MR) is 157 cm³/mol. The number of hydrogen-bond donors (Lipinski definition) is 1. The molecule has 4 rings (SSSR count). The number of benzene rings is 3. The van der Waals surface area contributed by atoms with Gasteiger partial charge in [-0.05, 0) is 55.3 Å². The number of halogens is 1. The molecule has 0 saturated carbocycles. The number of nitro groups is 1. The molecule has 4 aromatic rings. The lowest BCUT2D eigenvalue weighted by atomic mass is 10.1. The lowest BCUT2D eigenvalue weighted by Gasteiger charge is -2.15. The highest BCUT2D eigenvalue weighted by Crippen LogP contribution is 2.39. The molecule has 0 radical (unpaired) electrons. The second-order valence-corrected chi connectivity index (χ2v) is 10.1. The second kappa shape index (κ2) is 12.7. The Balaban J connectivity index is 1.77. The van der Waals surface area contributed by atoms with Crippen LogP contribution in [0.1, 0.15) is 60.4 Å². The standard InChI is InChI=1S/C29H27BrN4O7/c1-4-17(3)27-32-23-10-9-21(30)14-22(23)28(35)33(27)31-15-19-12-24(34(38)39)26(25(13-19)40-5-2)41-16-18-7-6-8-20(11-18)29(36)37/h6-15,17H,4-5,16H2,1-3H3,(H,36,37)/t17-/m0/s1. The highest BCUT2D eigenvalue weighted by Gasteiger charge is 2.23. The minimum atomic E-state index is -1.10. The van der Waals surface area contributed by atoms with Gasteiger partial charge in [-0.3, -0.25) is 14.9 Å². The molecule has 0 bridgehead atoms. The smallest absolute Gasteiger partial charge is 0.335 e. The van der Waals surface area contributed by atoms with Crippen LogP contribution in [-0.4, -0.2) is 38.5 Å². The van der Waals surface area contributed by atoms with Crippen molar-refractivity contribution in [3.63, 3.8) is 0 Å². The van der Waals surface area contributed by atoms with Gasteiger partial charge in [0, 0.05) is 22.0 Å². The maximum Gasteiger partial charge on any atom is 0.335 e. The summed E-state index contributed by atoms with van der Waals surface area (Å²) >= 11 is 3.39. The minimum absolute atomic E-state index is 0.0692. The van der Waals surface area contributed by atoms with E-state index in [-0.39, 0.29) is 47.4 Å². The number of nitro benzene ring substituents is 1. The first-order valence-electron chi connectivity index (χ1n) is 12.8. The molecule has 11 nitrogen and oxygen atoms in total. The number of aromatic nitrogens is 2. The number of carboxylic acids is 1. The summed E-state index contributed by atoms with van der Waals surface area (Å²) in [6.07, 6.45) is 2.06. The van der Waals surface area contributed by atoms with Crippen LogP contribution < -0.4 is 15.0 Å². The fourth-order valence-electron chi connectivity index (χ4n) is 4.08. The molecular formula is C29H27BrN4O7. The Morgan fingerprint density at radius 2 is 1.98 bits per heavy atom. The zero-order valence-corrected chi connectivity index (χ0v) is 24.1. The molecule has 0 amide bonds. The predicted octanol–water partition coefficient (Wildman–Crippen LogP) is 6.14. The van der Waals surface area contributed by atoms with Crippen LogP contribution in [0.15, 0.2) is 69.0 Å². The van der Waals surface area contributed by atoms with Gasteiger partial charge in [0.2, 0.25) is 5.75 Å². The van der Waals surface area contributed by atoms with Crippen molar-refractivity contribution in [2.24, 2.45) is 5.10 Å². The molecule has 0 saturated heterocycles. The fraction of sp³-hybridized carbons (Fsp3) is 0.241. The molecule has 0 aliphatic rings.